The second-order valence-electron chi connectivity index (χ2n) is 9.17. The van der Waals surface area contributed by atoms with Gasteiger partial charge in [-0.1, -0.05) is 36.0 Å². The van der Waals surface area contributed by atoms with Crippen LogP contribution < -0.4 is 0 Å². The summed E-state index contributed by atoms with van der Waals surface area (Å²) in [4.78, 5) is 0. The number of hydrogen-bond acceptors (Lipinski definition) is 0. The molecule has 4 heteroatoms. The van der Waals surface area contributed by atoms with Crippen LogP contribution in [0, 0.1) is 0 Å². The third kappa shape index (κ3) is 11.7. The Morgan fingerprint density at radius 1 is 0.433 bits per heavy atom. The second kappa shape index (κ2) is 17.8. The quantitative estimate of drug-likeness (QED) is 0.125. The molecule has 0 aliphatic rings. The molecule has 0 N–H and O–H groups in total. The van der Waals surface area contributed by atoms with E-state index in [4.69, 9.17) is 23.2 Å². The van der Waals surface area contributed by atoms with Crippen LogP contribution in [0.4, 0.5) is 0 Å². The van der Waals surface area contributed by atoms with Crippen LogP contribution in [0.25, 0.3) is 0 Å². The van der Waals surface area contributed by atoms with Gasteiger partial charge in [0.1, 0.15) is 0 Å². The van der Waals surface area contributed by atoms with Gasteiger partial charge in [0.25, 0.3) is 0 Å². The minimum Gasteiger partial charge on any atom is -0.324 e. The molecule has 0 saturated carbocycles. The zero-order chi connectivity index (χ0) is 22.9. The van der Waals surface area contributed by atoms with Crippen molar-refractivity contribution in [1.29, 1.82) is 0 Å². The molecule has 0 aromatic heterocycles. The van der Waals surface area contributed by atoms with Crippen LogP contribution >= 0.6 is 23.2 Å². The predicted octanol–water partition coefficient (Wildman–Crippen LogP) is 8.33. The Bertz CT molecular complexity index is 384. The van der Waals surface area contributed by atoms with Gasteiger partial charge in [0.2, 0.25) is 0 Å². The van der Waals surface area contributed by atoms with E-state index in [0.717, 1.165) is 22.9 Å². The molecule has 180 valence electrons. The Labute approximate surface area is 200 Å². The molecule has 0 aliphatic heterocycles. The predicted molar refractivity (Wildman–Crippen MR) is 138 cm³/mol. The highest BCUT2D eigenvalue weighted by molar-refractivity contribution is 6.39. The van der Waals surface area contributed by atoms with Crippen LogP contribution in [-0.4, -0.2) is 61.3 Å². The summed E-state index contributed by atoms with van der Waals surface area (Å²) in [7, 11) is 0. The van der Waals surface area contributed by atoms with Gasteiger partial charge in [-0.3, -0.25) is 0 Å². The first kappa shape index (κ1) is 30.2. The lowest BCUT2D eigenvalue weighted by Crippen LogP contribution is -2.48. The summed E-state index contributed by atoms with van der Waals surface area (Å²) in [6.07, 6.45) is 12.1. The molecule has 0 aliphatic carbocycles. The maximum atomic E-state index is 6.48. The Morgan fingerprint density at radius 3 is 0.967 bits per heavy atom. The van der Waals surface area contributed by atoms with E-state index in [1.54, 1.807) is 0 Å². The van der Waals surface area contributed by atoms with Crippen molar-refractivity contribution in [2.24, 2.45) is 0 Å². The average Bonchev–Trinajstić information content (AvgIpc) is 2.78. The zero-order valence-corrected chi connectivity index (χ0v) is 22.9. The van der Waals surface area contributed by atoms with E-state index in [0.29, 0.717) is 0 Å². The largest absolute Gasteiger partial charge is 0.324 e. The average molecular weight is 466 g/mol. The number of halogens is 2. The molecule has 0 radical (unpaired) electrons. The maximum absolute atomic E-state index is 6.48. The van der Waals surface area contributed by atoms with Gasteiger partial charge in [-0.2, -0.15) is 0 Å². The van der Waals surface area contributed by atoms with Crippen molar-refractivity contribution in [2.75, 3.05) is 52.4 Å². The summed E-state index contributed by atoms with van der Waals surface area (Å²) < 4.78 is 2.53. The molecule has 0 saturated heterocycles. The van der Waals surface area contributed by atoms with Gasteiger partial charge < -0.3 is 8.97 Å². The number of rotatable bonds is 20. The van der Waals surface area contributed by atoms with Crippen LogP contribution in [0.5, 0.6) is 0 Å². The molecule has 0 spiro atoms. The molecular formula is C26H54Cl2N2+2. The van der Waals surface area contributed by atoms with Gasteiger partial charge >= 0.3 is 0 Å². The molecule has 0 rings (SSSR count). The molecule has 0 heterocycles. The molecule has 0 bridgehead atoms. The fraction of sp³-hybridized carbons (Fsp3) is 0.923. The molecule has 2 nitrogen and oxygen atoms in total. The van der Waals surface area contributed by atoms with E-state index in [-0.39, 0.29) is 0 Å². The van der Waals surface area contributed by atoms with Crippen LogP contribution in [0.2, 0.25) is 0 Å². The third-order valence-corrected chi connectivity index (χ3v) is 8.81. The number of allylic oxidation sites excluding steroid dienone is 2. The van der Waals surface area contributed by atoms with E-state index in [1.165, 1.54) is 113 Å². The van der Waals surface area contributed by atoms with Crippen molar-refractivity contribution in [3.8, 4) is 0 Å². The van der Waals surface area contributed by atoms with Crippen molar-refractivity contribution >= 4 is 23.2 Å². The normalized spacial score (nSPS) is 13.6. The summed E-state index contributed by atoms with van der Waals surface area (Å²) in [6.45, 7) is 24.1. The number of hydrogen-bond donors (Lipinski definition) is 0. The molecule has 0 fully saturated rings. The summed E-state index contributed by atoms with van der Waals surface area (Å²) in [6, 6.07) is 0. The smallest absolute Gasteiger partial charge is 0.0786 e. The summed E-state index contributed by atoms with van der Waals surface area (Å²) in [5.41, 5.74) is 0. The molecule has 0 amide bonds. The molecular weight excluding hydrogens is 411 g/mol. The third-order valence-electron chi connectivity index (χ3n) is 7.88. The van der Waals surface area contributed by atoms with Crippen molar-refractivity contribution in [2.45, 2.75) is 106 Å². The lowest BCUT2D eigenvalue weighted by molar-refractivity contribution is -0.923. The van der Waals surface area contributed by atoms with Crippen molar-refractivity contribution in [3.63, 3.8) is 0 Å². The molecule has 0 aromatic carbocycles. The first-order chi connectivity index (χ1) is 14.4. The lowest BCUT2D eigenvalue weighted by Gasteiger charge is -2.35. The molecule has 0 aromatic rings. The highest BCUT2D eigenvalue weighted by Gasteiger charge is 2.20. The Morgan fingerprint density at radius 2 is 0.700 bits per heavy atom. The zero-order valence-electron chi connectivity index (χ0n) is 21.4. The van der Waals surface area contributed by atoms with Gasteiger partial charge in [0.15, 0.2) is 0 Å². The highest BCUT2D eigenvalue weighted by atomic mass is 35.5. The molecule has 30 heavy (non-hydrogen) atoms. The van der Waals surface area contributed by atoms with Crippen LogP contribution in [-0.2, 0) is 0 Å². The van der Waals surface area contributed by atoms with Crippen molar-refractivity contribution in [3.05, 3.63) is 10.1 Å². The first-order valence-corrected chi connectivity index (χ1v) is 13.9. The molecule has 0 atom stereocenters. The topological polar surface area (TPSA) is 0 Å². The van der Waals surface area contributed by atoms with E-state index >= 15 is 0 Å². The second-order valence-corrected chi connectivity index (χ2v) is 10.1. The fourth-order valence-electron chi connectivity index (χ4n) is 4.72. The summed E-state index contributed by atoms with van der Waals surface area (Å²) in [5.74, 6) is 0. The summed E-state index contributed by atoms with van der Waals surface area (Å²) >= 11 is 13.0. The van der Waals surface area contributed by atoms with Crippen molar-refractivity contribution in [1.82, 2.24) is 0 Å². The minimum absolute atomic E-state index is 0.913. The van der Waals surface area contributed by atoms with Gasteiger partial charge in [-0.05, 0) is 92.9 Å². The van der Waals surface area contributed by atoms with E-state index in [2.05, 4.69) is 41.5 Å². The van der Waals surface area contributed by atoms with E-state index in [9.17, 15) is 0 Å². The van der Waals surface area contributed by atoms with Crippen molar-refractivity contribution < 1.29 is 8.97 Å². The minimum atomic E-state index is 0.913. The summed E-state index contributed by atoms with van der Waals surface area (Å²) in [5, 5.41) is 1.83. The van der Waals surface area contributed by atoms with Gasteiger partial charge in [0, 0.05) is 10.1 Å². The number of unbranched alkanes of at least 4 members (excludes halogenated alkanes) is 6. The molecule has 0 unspecified atom stereocenters. The Hall–Kier alpha value is 0.240. The SMILES string of the molecule is CC[N+](CC)(CC)CCCCCC/C(Cl)=C(\Cl)CCCCCC[N+](CC)(CC)CC. The highest BCUT2D eigenvalue weighted by Crippen LogP contribution is 2.25. The number of quaternary nitrogens is 2. The van der Waals surface area contributed by atoms with E-state index < -0.39 is 0 Å². The lowest BCUT2D eigenvalue weighted by atomic mass is 10.1. The van der Waals surface area contributed by atoms with Gasteiger partial charge in [0.05, 0.1) is 52.4 Å². The Kier molecular flexibility index (Phi) is 17.9. The van der Waals surface area contributed by atoms with Crippen LogP contribution in [0.3, 0.4) is 0 Å². The fourth-order valence-corrected chi connectivity index (χ4v) is 5.18. The van der Waals surface area contributed by atoms with E-state index in [1.807, 2.05) is 0 Å². The standard InChI is InChI=1S/C26H54Cl2N2/c1-7-29(8-2,9-3)23-19-15-13-17-21-25(27)26(28)22-18-14-16-20-24-30(10-4,11-5)12-6/h7-24H2,1-6H3/q+2/b26-25+. The maximum Gasteiger partial charge on any atom is 0.0786 e. The van der Waals surface area contributed by atoms with Crippen LogP contribution in [0.15, 0.2) is 10.1 Å². The monoisotopic (exact) mass is 464 g/mol. The van der Waals surface area contributed by atoms with Gasteiger partial charge in [-0.15, -0.1) is 0 Å². The number of nitrogens with zero attached hydrogens (tertiary/aromatic N) is 2. The van der Waals surface area contributed by atoms with Gasteiger partial charge in [-0.25, -0.2) is 0 Å². The first-order valence-electron chi connectivity index (χ1n) is 13.1. The van der Waals surface area contributed by atoms with Crippen LogP contribution in [0.1, 0.15) is 106 Å². The Balaban J connectivity index is 3.93.